The number of carboxylic acids is 1. The number of carbonyl (C=O) groups is 2. The molecule has 2 rings (SSSR count). The van der Waals surface area contributed by atoms with Gasteiger partial charge >= 0.3 is 5.97 Å². The lowest BCUT2D eigenvalue weighted by Crippen LogP contribution is -2.14. The van der Waals surface area contributed by atoms with Crippen LogP contribution < -0.4 is 0 Å². The summed E-state index contributed by atoms with van der Waals surface area (Å²) in [5, 5.41) is 13.6. The number of nitrogens with zero attached hydrogens (tertiary/aromatic N) is 2. The Morgan fingerprint density at radius 3 is 2.89 bits per heavy atom. The molecule has 5 nitrogen and oxygen atoms in total. The molecule has 0 aliphatic heterocycles. The summed E-state index contributed by atoms with van der Waals surface area (Å²) in [6.45, 7) is 1.63. The Labute approximate surface area is 108 Å². The molecule has 6 heteroatoms. The number of ketones is 1. The normalized spacial score (nSPS) is 12.3. The molecule has 0 saturated carbocycles. The Kier molecular flexibility index (Phi) is 3.57. The Morgan fingerprint density at radius 2 is 2.28 bits per heavy atom. The van der Waals surface area contributed by atoms with Gasteiger partial charge in [-0.2, -0.15) is 5.10 Å². The van der Waals surface area contributed by atoms with Crippen molar-refractivity contribution in [3.05, 3.63) is 35.5 Å². The van der Waals surface area contributed by atoms with Gasteiger partial charge in [-0.25, -0.2) is 4.68 Å². The van der Waals surface area contributed by atoms with Crippen molar-refractivity contribution < 1.29 is 14.7 Å². The van der Waals surface area contributed by atoms with E-state index < -0.39 is 11.9 Å². The molecule has 18 heavy (non-hydrogen) atoms. The SMILES string of the molecule is CC(CC(=O)O)C(=O)c1ccc(-n2cccn2)s1. The third-order valence-corrected chi connectivity index (χ3v) is 3.58. The minimum atomic E-state index is -0.959. The molecule has 1 N–H and O–H groups in total. The quantitative estimate of drug-likeness (QED) is 0.840. The number of aromatic nitrogens is 2. The lowest BCUT2D eigenvalue weighted by molar-refractivity contribution is -0.137. The van der Waals surface area contributed by atoms with Gasteiger partial charge in [-0.3, -0.25) is 9.59 Å². The van der Waals surface area contributed by atoms with Crippen LogP contribution in [0.1, 0.15) is 23.0 Å². The van der Waals surface area contributed by atoms with Crippen molar-refractivity contribution in [2.24, 2.45) is 5.92 Å². The summed E-state index contributed by atoms with van der Waals surface area (Å²) in [5.41, 5.74) is 0. The molecule has 0 aliphatic rings. The molecule has 2 aromatic rings. The van der Waals surface area contributed by atoms with Crippen LogP contribution in [0.4, 0.5) is 0 Å². The van der Waals surface area contributed by atoms with Gasteiger partial charge in [0.05, 0.1) is 11.3 Å². The molecule has 0 fully saturated rings. The number of rotatable bonds is 5. The monoisotopic (exact) mass is 264 g/mol. The fraction of sp³-hybridized carbons (Fsp3) is 0.250. The minimum Gasteiger partial charge on any atom is -0.481 e. The van der Waals surface area contributed by atoms with E-state index in [1.807, 2.05) is 0 Å². The lowest BCUT2D eigenvalue weighted by Gasteiger charge is -2.04. The maximum absolute atomic E-state index is 12.0. The summed E-state index contributed by atoms with van der Waals surface area (Å²) in [7, 11) is 0. The first-order valence-corrected chi connectivity index (χ1v) is 6.25. The Hall–Kier alpha value is -1.95. The second kappa shape index (κ2) is 5.14. The molecule has 2 heterocycles. The van der Waals surface area contributed by atoms with E-state index in [1.165, 1.54) is 11.3 Å². The first-order chi connectivity index (χ1) is 8.58. The standard InChI is InChI=1S/C12H12N2O3S/c1-8(7-11(15)16)12(17)9-3-4-10(18-9)14-6-2-5-13-14/h2-6,8H,7H2,1H3,(H,15,16). The van der Waals surface area contributed by atoms with Gasteiger partial charge in [0, 0.05) is 18.3 Å². The highest BCUT2D eigenvalue weighted by Gasteiger charge is 2.20. The molecular formula is C12H12N2O3S. The first-order valence-electron chi connectivity index (χ1n) is 5.44. The largest absolute Gasteiger partial charge is 0.481 e. The van der Waals surface area contributed by atoms with Crippen molar-refractivity contribution in [1.82, 2.24) is 9.78 Å². The summed E-state index contributed by atoms with van der Waals surface area (Å²) in [6.07, 6.45) is 3.31. The summed E-state index contributed by atoms with van der Waals surface area (Å²) in [6, 6.07) is 5.31. The molecule has 0 aromatic carbocycles. The highest BCUT2D eigenvalue weighted by Crippen LogP contribution is 2.23. The van der Waals surface area contributed by atoms with Crippen molar-refractivity contribution in [2.75, 3.05) is 0 Å². The zero-order valence-corrected chi connectivity index (χ0v) is 10.6. The molecule has 94 valence electrons. The Bertz CT molecular complexity index is 560. The van der Waals surface area contributed by atoms with E-state index in [0.29, 0.717) is 4.88 Å². The van der Waals surface area contributed by atoms with Gasteiger partial charge in [0.25, 0.3) is 0 Å². The fourth-order valence-electron chi connectivity index (χ4n) is 1.58. The lowest BCUT2D eigenvalue weighted by atomic mass is 10.0. The highest BCUT2D eigenvalue weighted by atomic mass is 32.1. The predicted molar refractivity (Wildman–Crippen MR) is 67.2 cm³/mol. The summed E-state index contributed by atoms with van der Waals surface area (Å²) in [4.78, 5) is 23.1. The molecule has 2 aromatic heterocycles. The van der Waals surface area contributed by atoms with Gasteiger partial charge in [-0.1, -0.05) is 6.92 Å². The van der Waals surface area contributed by atoms with E-state index in [9.17, 15) is 9.59 Å². The first kappa shape index (κ1) is 12.5. The maximum Gasteiger partial charge on any atom is 0.304 e. The third kappa shape index (κ3) is 2.65. The van der Waals surface area contributed by atoms with Gasteiger partial charge in [0.15, 0.2) is 5.78 Å². The number of hydrogen-bond donors (Lipinski definition) is 1. The zero-order valence-electron chi connectivity index (χ0n) is 9.74. The van der Waals surface area contributed by atoms with E-state index in [2.05, 4.69) is 5.10 Å². The maximum atomic E-state index is 12.0. The molecule has 1 unspecified atom stereocenters. The highest BCUT2D eigenvalue weighted by molar-refractivity contribution is 7.16. The van der Waals surface area contributed by atoms with Crippen LogP contribution in [0.3, 0.4) is 0 Å². The number of Topliss-reactive ketones (excluding diaryl/α,β-unsaturated/α-hetero) is 1. The van der Waals surface area contributed by atoms with Crippen molar-refractivity contribution in [2.45, 2.75) is 13.3 Å². The van der Waals surface area contributed by atoms with Crippen LogP contribution in [0.5, 0.6) is 0 Å². The zero-order chi connectivity index (χ0) is 13.1. The minimum absolute atomic E-state index is 0.138. The summed E-state index contributed by atoms with van der Waals surface area (Å²) in [5.74, 6) is -1.60. The average Bonchev–Trinajstić information content (AvgIpc) is 2.97. The van der Waals surface area contributed by atoms with E-state index in [1.54, 1.807) is 42.2 Å². The van der Waals surface area contributed by atoms with Crippen LogP contribution in [-0.4, -0.2) is 26.6 Å². The van der Waals surface area contributed by atoms with Gasteiger partial charge in [0.2, 0.25) is 0 Å². The second-order valence-electron chi connectivity index (χ2n) is 3.95. The molecule has 1 atom stereocenters. The van der Waals surface area contributed by atoms with E-state index in [4.69, 9.17) is 5.11 Å². The van der Waals surface area contributed by atoms with Gasteiger partial charge < -0.3 is 5.11 Å². The molecule has 0 radical (unpaired) electrons. The molecule has 0 spiro atoms. The summed E-state index contributed by atoms with van der Waals surface area (Å²) >= 11 is 1.31. The van der Waals surface area contributed by atoms with Crippen LogP contribution in [0, 0.1) is 5.92 Å². The molecule has 0 aliphatic carbocycles. The number of carboxylic acid groups (broad SMARTS) is 1. The number of thiophene rings is 1. The second-order valence-corrected chi connectivity index (χ2v) is 5.01. The molecule has 0 saturated heterocycles. The third-order valence-electron chi connectivity index (χ3n) is 2.49. The predicted octanol–water partition coefficient (Wildman–Crippen LogP) is 2.23. The number of hydrogen-bond acceptors (Lipinski definition) is 4. The van der Waals surface area contributed by atoms with Crippen LogP contribution in [0.2, 0.25) is 0 Å². The Balaban J connectivity index is 2.15. The summed E-state index contributed by atoms with van der Waals surface area (Å²) < 4.78 is 1.67. The van der Waals surface area contributed by atoms with E-state index in [-0.39, 0.29) is 12.2 Å². The smallest absolute Gasteiger partial charge is 0.304 e. The van der Waals surface area contributed by atoms with Crippen molar-refractivity contribution in [3.63, 3.8) is 0 Å². The molecular weight excluding hydrogens is 252 g/mol. The topological polar surface area (TPSA) is 72.2 Å². The van der Waals surface area contributed by atoms with Gasteiger partial charge in [-0.15, -0.1) is 11.3 Å². The van der Waals surface area contributed by atoms with Crippen LogP contribution in [0.15, 0.2) is 30.6 Å². The van der Waals surface area contributed by atoms with Crippen LogP contribution >= 0.6 is 11.3 Å². The van der Waals surface area contributed by atoms with Gasteiger partial charge in [0.1, 0.15) is 5.00 Å². The molecule has 0 bridgehead atoms. The Morgan fingerprint density at radius 1 is 1.50 bits per heavy atom. The van der Waals surface area contributed by atoms with Crippen LogP contribution in [-0.2, 0) is 4.79 Å². The van der Waals surface area contributed by atoms with Crippen LogP contribution in [0.25, 0.3) is 5.00 Å². The number of aliphatic carboxylic acids is 1. The number of carbonyl (C=O) groups excluding carboxylic acids is 1. The average molecular weight is 264 g/mol. The van der Waals surface area contributed by atoms with Gasteiger partial charge in [-0.05, 0) is 18.2 Å². The molecule has 0 amide bonds. The van der Waals surface area contributed by atoms with Crippen molar-refractivity contribution >= 4 is 23.1 Å². The van der Waals surface area contributed by atoms with E-state index in [0.717, 1.165) is 5.00 Å². The van der Waals surface area contributed by atoms with Crippen molar-refractivity contribution in [3.8, 4) is 5.00 Å². The fourth-order valence-corrected chi connectivity index (χ4v) is 2.58. The van der Waals surface area contributed by atoms with Crippen molar-refractivity contribution in [1.29, 1.82) is 0 Å². The van der Waals surface area contributed by atoms with E-state index >= 15 is 0 Å².